The highest BCUT2D eigenvalue weighted by atomic mass is 79.9. The fraction of sp³-hybridized carbons (Fsp3) is 0.455. The highest BCUT2D eigenvalue weighted by Gasteiger charge is 2.21. The highest BCUT2D eigenvalue weighted by Crippen LogP contribution is 2.19. The van der Waals surface area contributed by atoms with Crippen LogP contribution >= 0.6 is 15.9 Å². The zero-order chi connectivity index (χ0) is 13.7. The molecule has 0 aliphatic heterocycles. The molecule has 1 aromatic heterocycles. The third kappa shape index (κ3) is 3.38. The first-order valence-corrected chi connectivity index (χ1v) is 6.36. The van der Waals surface area contributed by atoms with E-state index in [1.165, 1.54) is 6.20 Å². The van der Waals surface area contributed by atoms with Gasteiger partial charge in [0, 0.05) is 22.8 Å². The summed E-state index contributed by atoms with van der Waals surface area (Å²) in [5.74, 6) is -0.651. The topological polar surface area (TPSA) is 59.2 Å². The van der Waals surface area contributed by atoms with Gasteiger partial charge in [-0.3, -0.25) is 9.59 Å². The van der Waals surface area contributed by atoms with Gasteiger partial charge in [-0.2, -0.15) is 0 Å². The summed E-state index contributed by atoms with van der Waals surface area (Å²) in [6, 6.07) is 0. The first kappa shape index (κ1) is 14.8. The Morgan fingerprint density at radius 1 is 1.56 bits per heavy atom. The van der Waals surface area contributed by atoms with Crippen LogP contribution in [0.5, 0.6) is 0 Å². The quantitative estimate of drug-likeness (QED) is 0.668. The van der Waals surface area contributed by atoms with Crippen LogP contribution in [0.15, 0.2) is 11.0 Å². The van der Waals surface area contributed by atoms with Crippen LogP contribution in [-0.2, 0) is 21.3 Å². The average Bonchev–Trinajstić information content (AvgIpc) is 2.29. The zero-order valence-electron chi connectivity index (χ0n) is 9.63. The maximum absolute atomic E-state index is 12.9. The molecule has 0 aliphatic rings. The largest absolute Gasteiger partial charge is 0.466 e. The van der Waals surface area contributed by atoms with Crippen molar-refractivity contribution in [3.05, 3.63) is 33.2 Å². The number of hydrogen-bond donors (Lipinski definition) is 1. The molecule has 0 radical (unpaired) electrons. The second-order valence-corrected chi connectivity index (χ2v) is 4.01. The van der Waals surface area contributed by atoms with Gasteiger partial charge in [0.1, 0.15) is 0 Å². The smallest absolute Gasteiger partial charge is 0.311 e. The molecule has 100 valence electrons. The van der Waals surface area contributed by atoms with E-state index in [1.54, 1.807) is 6.92 Å². The van der Waals surface area contributed by atoms with Gasteiger partial charge in [0.05, 0.1) is 18.6 Å². The molecule has 0 fully saturated rings. The lowest BCUT2D eigenvalue weighted by Gasteiger charge is -2.09. The molecule has 1 heterocycles. The van der Waals surface area contributed by atoms with E-state index in [9.17, 15) is 18.4 Å². The van der Waals surface area contributed by atoms with Crippen molar-refractivity contribution in [3.8, 4) is 0 Å². The molecule has 1 rings (SSSR count). The molecule has 0 amide bonds. The van der Waals surface area contributed by atoms with Gasteiger partial charge in [-0.25, -0.2) is 8.78 Å². The molecule has 0 spiro atoms. The Balaban J connectivity index is 3.16. The van der Waals surface area contributed by atoms with Crippen molar-refractivity contribution >= 4 is 21.9 Å². The lowest BCUT2D eigenvalue weighted by Crippen LogP contribution is -2.21. The number of ether oxygens (including phenoxy) is 1. The summed E-state index contributed by atoms with van der Waals surface area (Å²) in [4.78, 5) is 25.5. The van der Waals surface area contributed by atoms with Crippen LogP contribution in [0.3, 0.4) is 0 Å². The normalized spacial score (nSPS) is 10.7. The molecule has 0 aromatic carbocycles. The van der Waals surface area contributed by atoms with Gasteiger partial charge >= 0.3 is 5.97 Å². The van der Waals surface area contributed by atoms with Crippen LogP contribution in [0.1, 0.15) is 30.2 Å². The number of carbonyl (C=O) groups is 1. The van der Waals surface area contributed by atoms with Gasteiger partial charge in [-0.05, 0) is 6.92 Å². The Morgan fingerprint density at radius 3 is 2.72 bits per heavy atom. The van der Waals surface area contributed by atoms with Gasteiger partial charge < -0.3 is 9.72 Å². The number of nitrogens with one attached hydrogen (secondary N) is 1. The molecule has 0 aliphatic carbocycles. The number of pyridine rings is 1. The number of carbonyl (C=O) groups excluding carboxylic acids is 1. The molecule has 0 unspecified atom stereocenters. The summed E-state index contributed by atoms with van der Waals surface area (Å²) in [7, 11) is 0. The summed E-state index contributed by atoms with van der Waals surface area (Å²) in [5, 5.41) is 0.168. The molecule has 1 N–H and O–H groups in total. The maximum Gasteiger partial charge on any atom is 0.311 e. The summed E-state index contributed by atoms with van der Waals surface area (Å²) < 4.78 is 30.4. The number of aromatic amines is 1. The number of aromatic nitrogens is 1. The summed E-state index contributed by atoms with van der Waals surface area (Å²) in [5.41, 5.74) is -1.32. The lowest BCUT2D eigenvalue weighted by atomic mass is 10.1. The molecule has 18 heavy (non-hydrogen) atoms. The number of hydrogen-bond acceptors (Lipinski definition) is 3. The number of halogens is 3. The average molecular weight is 324 g/mol. The van der Waals surface area contributed by atoms with Crippen molar-refractivity contribution in [1.82, 2.24) is 4.98 Å². The van der Waals surface area contributed by atoms with Crippen LogP contribution < -0.4 is 5.43 Å². The first-order chi connectivity index (χ1) is 8.51. The van der Waals surface area contributed by atoms with Gasteiger partial charge in [-0.15, -0.1) is 0 Å². The van der Waals surface area contributed by atoms with Crippen molar-refractivity contribution in [3.63, 3.8) is 0 Å². The van der Waals surface area contributed by atoms with E-state index < -0.39 is 23.4 Å². The summed E-state index contributed by atoms with van der Waals surface area (Å²) >= 11 is 3.04. The van der Waals surface area contributed by atoms with E-state index in [-0.39, 0.29) is 29.6 Å². The number of esters is 1. The van der Waals surface area contributed by atoms with E-state index >= 15 is 0 Å². The van der Waals surface area contributed by atoms with Crippen molar-refractivity contribution in [2.45, 2.75) is 25.1 Å². The molecular weight excluding hydrogens is 312 g/mol. The highest BCUT2D eigenvalue weighted by molar-refractivity contribution is 9.08. The Labute approximate surface area is 110 Å². The van der Waals surface area contributed by atoms with Gasteiger partial charge in [0.25, 0.3) is 6.43 Å². The minimum absolute atomic E-state index is 0.0989. The summed E-state index contributed by atoms with van der Waals surface area (Å²) in [6.45, 7) is 1.77. The molecule has 7 heteroatoms. The third-order valence-corrected chi connectivity index (χ3v) is 2.87. The molecule has 0 bridgehead atoms. The van der Waals surface area contributed by atoms with Gasteiger partial charge in [0.15, 0.2) is 5.43 Å². The van der Waals surface area contributed by atoms with Crippen molar-refractivity contribution in [1.29, 1.82) is 0 Å². The van der Waals surface area contributed by atoms with Gasteiger partial charge in [-0.1, -0.05) is 15.9 Å². The standard InChI is InChI=1S/C11H12BrF2NO3/c1-2-18-8(16)3-7-9(11(13)14)10(17)6(4-12)5-15-7/h5,11H,2-4H2,1H3,(H,15,17). The second-order valence-electron chi connectivity index (χ2n) is 3.45. The van der Waals surface area contributed by atoms with E-state index in [2.05, 4.69) is 25.7 Å². The van der Waals surface area contributed by atoms with Crippen molar-refractivity contribution in [2.24, 2.45) is 0 Å². The molecule has 0 saturated carbocycles. The SMILES string of the molecule is CCOC(=O)Cc1[nH]cc(CBr)c(=O)c1C(F)F. The fourth-order valence-corrected chi connectivity index (χ4v) is 1.88. The van der Waals surface area contributed by atoms with Gasteiger partial charge in [0.2, 0.25) is 0 Å². The van der Waals surface area contributed by atoms with E-state index in [4.69, 9.17) is 0 Å². The number of alkyl halides is 3. The fourth-order valence-electron chi connectivity index (χ4n) is 1.46. The van der Waals surface area contributed by atoms with Crippen LogP contribution in [0, 0.1) is 0 Å². The van der Waals surface area contributed by atoms with E-state index in [0.717, 1.165) is 0 Å². The first-order valence-electron chi connectivity index (χ1n) is 5.24. The third-order valence-electron chi connectivity index (χ3n) is 2.27. The van der Waals surface area contributed by atoms with Crippen LogP contribution in [0.25, 0.3) is 0 Å². The molecule has 4 nitrogen and oxygen atoms in total. The zero-order valence-corrected chi connectivity index (χ0v) is 11.2. The van der Waals surface area contributed by atoms with E-state index in [0.29, 0.717) is 0 Å². The monoisotopic (exact) mass is 323 g/mol. The molecule has 0 atom stereocenters. The minimum Gasteiger partial charge on any atom is -0.466 e. The predicted molar refractivity (Wildman–Crippen MR) is 65.0 cm³/mol. The number of rotatable bonds is 5. The molecule has 1 aromatic rings. The van der Waals surface area contributed by atoms with E-state index in [1.807, 2.05) is 0 Å². The second kappa shape index (κ2) is 6.63. The predicted octanol–water partition coefficient (Wildman–Crippen LogP) is 2.31. The molecule has 0 saturated heterocycles. The van der Waals surface area contributed by atoms with Crippen molar-refractivity contribution < 1.29 is 18.3 Å². The Bertz CT molecular complexity index is 488. The molecular formula is C11H12BrF2NO3. The van der Waals surface area contributed by atoms with Crippen LogP contribution in [-0.4, -0.2) is 17.6 Å². The maximum atomic E-state index is 12.9. The Kier molecular flexibility index (Phi) is 5.46. The Hall–Kier alpha value is -1.24. The summed E-state index contributed by atoms with van der Waals surface area (Å²) in [6.07, 6.45) is -1.99. The minimum atomic E-state index is -2.93. The number of H-pyrrole nitrogens is 1. The van der Waals surface area contributed by atoms with Crippen molar-refractivity contribution in [2.75, 3.05) is 6.61 Å². The lowest BCUT2D eigenvalue weighted by molar-refractivity contribution is -0.142. The van der Waals surface area contributed by atoms with Crippen LogP contribution in [0.4, 0.5) is 8.78 Å². The Morgan fingerprint density at radius 2 is 2.22 bits per heavy atom. The van der Waals surface area contributed by atoms with Crippen LogP contribution in [0.2, 0.25) is 0 Å².